The topological polar surface area (TPSA) is 82.5 Å². The van der Waals surface area contributed by atoms with Crippen LogP contribution in [0.15, 0.2) is 76.7 Å². The Labute approximate surface area is 207 Å². The molecular weight excluding hydrogens is 462 g/mol. The number of carbonyl (C=O) groups is 1. The van der Waals surface area contributed by atoms with Gasteiger partial charge >= 0.3 is 0 Å². The third-order valence-electron chi connectivity index (χ3n) is 5.60. The molecule has 0 fully saturated rings. The van der Waals surface area contributed by atoms with Crippen LogP contribution in [0.2, 0.25) is 0 Å². The third-order valence-corrected chi connectivity index (χ3v) is 6.65. The van der Waals surface area contributed by atoms with Crippen molar-refractivity contribution in [2.75, 3.05) is 6.79 Å². The molecule has 0 aliphatic carbocycles. The minimum atomic E-state index is -0.148. The normalized spacial score (nSPS) is 12.3. The number of ether oxygens (including phenoxy) is 2. The fraction of sp³-hybridized carbons (Fsp3) is 0.222. The summed E-state index contributed by atoms with van der Waals surface area (Å²) in [4.78, 5) is 30.7. The number of benzene rings is 3. The van der Waals surface area contributed by atoms with Crippen molar-refractivity contribution in [3.63, 3.8) is 0 Å². The predicted molar refractivity (Wildman–Crippen MR) is 136 cm³/mol. The van der Waals surface area contributed by atoms with Crippen LogP contribution in [-0.4, -0.2) is 28.3 Å². The maximum absolute atomic E-state index is 13.6. The van der Waals surface area contributed by atoms with E-state index in [9.17, 15) is 9.59 Å². The molecule has 1 amide bonds. The number of hydrogen-bond donors (Lipinski definition) is 1. The van der Waals surface area contributed by atoms with Gasteiger partial charge in [0.2, 0.25) is 6.79 Å². The Bertz CT molecular complexity index is 1430. The van der Waals surface area contributed by atoms with Gasteiger partial charge in [-0.2, -0.15) is 0 Å². The lowest BCUT2D eigenvalue weighted by atomic mass is 10.1. The third kappa shape index (κ3) is 5.02. The van der Waals surface area contributed by atoms with Crippen molar-refractivity contribution in [1.82, 2.24) is 14.9 Å². The average Bonchev–Trinajstić information content (AvgIpc) is 3.32. The van der Waals surface area contributed by atoms with Crippen LogP contribution in [0.3, 0.4) is 0 Å². The standard InChI is InChI=1S/C27H25N3O4S/c1-17(2)28-25(31)20-10-8-18(9-11-20)14-30-26(32)21-12-23-24(34-16-33-23)13-22(21)29-27(30)35-15-19-6-4-3-5-7-19/h3-13,17H,14-16H2,1-2H3,(H,28,31). The van der Waals surface area contributed by atoms with Crippen LogP contribution in [0.25, 0.3) is 10.9 Å². The van der Waals surface area contributed by atoms with E-state index in [2.05, 4.69) is 17.4 Å². The Morgan fingerprint density at radius 1 is 1.03 bits per heavy atom. The second kappa shape index (κ2) is 9.84. The summed E-state index contributed by atoms with van der Waals surface area (Å²) in [5.74, 6) is 1.70. The summed E-state index contributed by atoms with van der Waals surface area (Å²) in [5, 5.41) is 3.99. The van der Waals surface area contributed by atoms with Crippen LogP contribution >= 0.6 is 11.8 Å². The summed E-state index contributed by atoms with van der Waals surface area (Å²) < 4.78 is 12.6. The molecule has 0 bridgehead atoms. The van der Waals surface area contributed by atoms with Crippen LogP contribution in [0.1, 0.15) is 35.3 Å². The number of nitrogens with zero attached hydrogens (tertiary/aromatic N) is 2. The van der Waals surface area contributed by atoms with Gasteiger partial charge in [-0.15, -0.1) is 0 Å². The molecule has 0 atom stereocenters. The Morgan fingerprint density at radius 3 is 2.46 bits per heavy atom. The Balaban J connectivity index is 1.50. The number of nitrogens with one attached hydrogen (secondary N) is 1. The van der Waals surface area contributed by atoms with Crippen molar-refractivity contribution in [1.29, 1.82) is 0 Å². The SMILES string of the molecule is CC(C)NC(=O)c1ccc(Cn2c(SCc3ccccc3)nc3cc4c(cc3c2=O)OCO4)cc1. The van der Waals surface area contributed by atoms with Gasteiger partial charge in [0.05, 0.1) is 17.4 Å². The fourth-order valence-corrected chi connectivity index (χ4v) is 4.81. The van der Waals surface area contributed by atoms with Crippen LogP contribution in [0.4, 0.5) is 0 Å². The Morgan fingerprint density at radius 2 is 1.74 bits per heavy atom. The molecule has 0 saturated carbocycles. The summed E-state index contributed by atoms with van der Waals surface area (Å²) in [6.07, 6.45) is 0. The van der Waals surface area contributed by atoms with Crippen LogP contribution in [0.5, 0.6) is 11.5 Å². The molecule has 7 nitrogen and oxygen atoms in total. The summed E-state index contributed by atoms with van der Waals surface area (Å²) in [6.45, 7) is 4.31. The molecule has 0 saturated heterocycles. The van der Waals surface area contributed by atoms with Crippen LogP contribution in [-0.2, 0) is 12.3 Å². The van der Waals surface area contributed by atoms with E-state index in [-0.39, 0.29) is 24.3 Å². The molecule has 4 aromatic rings. The molecule has 0 radical (unpaired) electrons. The van der Waals surface area contributed by atoms with Crippen molar-refractivity contribution in [2.24, 2.45) is 0 Å². The van der Waals surface area contributed by atoms with Crippen LogP contribution < -0.4 is 20.3 Å². The van der Waals surface area contributed by atoms with Crippen molar-refractivity contribution in [3.8, 4) is 11.5 Å². The molecule has 8 heteroatoms. The molecule has 1 aliphatic heterocycles. The lowest BCUT2D eigenvalue weighted by Gasteiger charge is -2.14. The second-order valence-electron chi connectivity index (χ2n) is 8.61. The lowest BCUT2D eigenvalue weighted by Crippen LogP contribution is -2.30. The monoisotopic (exact) mass is 487 g/mol. The maximum Gasteiger partial charge on any atom is 0.262 e. The van der Waals surface area contributed by atoms with E-state index in [0.717, 1.165) is 11.1 Å². The first-order valence-electron chi connectivity index (χ1n) is 11.4. The summed E-state index contributed by atoms with van der Waals surface area (Å²) >= 11 is 1.51. The van der Waals surface area contributed by atoms with Gasteiger partial charge in [-0.1, -0.05) is 54.2 Å². The Kier molecular flexibility index (Phi) is 6.46. The van der Waals surface area contributed by atoms with Crippen LogP contribution in [0, 0.1) is 0 Å². The highest BCUT2D eigenvalue weighted by Crippen LogP contribution is 2.35. The second-order valence-corrected chi connectivity index (χ2v) is 9.55. The van der Waals surface area contributed by atoms with E-state index >= 15 is 0 Å². The molecule has 0 unspecified atom stereocenters. The number of carbonyl (C=O) groups excluding carboxylic acids is 1. The molecule has 1 N–H and O–H groups in total. The summed E-state index contributed by atoms with van der Waals surface area (Å²) in [7, 11) is 0. The maximum atomic E-state index is 13.6. The molecule has 35 heavy (non-hydrogen) atoms. The molecule has 5 rings (SSSR count). The predicted octanol–water partition coefficient (Wildman–Crippen LogP) is 4.60. The molecule has 2 heterocycles. The highest BCUT2D eigenvalue weighted by molar-refractivity contribution is 7.98. The zero-order valence-corrected chi connectivity index (χ0v) is 20.3. The van der Waals surface area contributed by atoms with Crippen molar-refractivity contribution < 1.29 is 14.3 Å². The van der Waals surface area contributed by atoms with Crippen molar-refractivity contribution in [3.05, 3.63) is 93.8 Å². The molecule has 0 spiro atoms. The van der Waals surface area contributed by atoms with Gasteiger partial charge in [0.1, 0.15) is 0 Å². The molecule has 3 aromatic carbocycles. The lowest BCUT2D eigenvalue weighted by molar-refractivity contribution is 0.0943. The number of thioether (sulfide) groups is 1. The van der Waals surface area contributed by atoms with Gasteiger partial charge in [0, 0.05) is 23.4 Å². The van der Waals surface area contributed by atoms with Gasteiger partial charge in [0.15, 0.2) is 16.7 Å². The minimum absolute atomic E-state index is 0.0597. The van der Waals surface area contributed by atoms with Crippen molar-refractivity contribution in [2.45, 2.75) is 37.3 Å². The highest BCUT2D eigenvalue weighted by atomic mass is 32.2. The van der Waals surface area contributed by atoms with E-state index in [1.807, 2.05) is 44.2 Å². The van der Waals surface area contributed by atoms with Gasteiger partial charge in [-0.05, 0) is 43.2 Å². The van der Waals surface area contributed by atoms with E-state index < -0.39 is 0 Å². The molecule has 178 valence electrons. The van der Waals surface area contributed by atoms with Gasteiger partial charge in [-0.3, -0.25) is 14.2 Å². The minimum Gasteiger partial charge on any atom is -0.454 e. The summed E-state index contributed by atoms with van der Waals surface area (Å²) in [5.41, 5.74) is 3.05. The van der Waals surface area contributed by atoms with Gasteiger partial charge < -0.3 is 14.8 Å². The van der Waals surface area contributed by atoms with E-state index in [1.165, 1.54) is 11.8 Å². The number of amides is 1. The smallest absolute Gasteiger partial charge is 0.262 e. The number of fused-ring (bicyclic) bond motifs is 2. The highest BCUT2D eigenvalue weighted by Gasteiger charge is 2.19. The van der Waals surface area contributed by atoms with E-state index in [0.29, 0.717) is 45.4 Å². The quantitative estimate of drug-likeness (QED) is 0.303. The Hall–Kier alpha value is -3.78. The van der Waals surface area contributed by atoms with Gasteiger partial charge in [-0.25, -0.2) is 4.98 Å². The van der Waals surface area contributed by atoms with E-state index in [1.54, 1.807) is 28.8 Å². The number of hydrogen-bond acceptors (Lipinski definition) is 6. The van der Waals surface area contributed by atoms with E-state index in [4.69, 9.17) is 14.5 Å². The zero-order valence-electron chi connectivity index (χ0n) is 19.5. The molecule has 1 aliphatic rings. The molecular formula is C27H25N3O4S. The van der Waals surface area contributed by atoms with Crippen molar-refractivity contribution >= 4 is 28.6 Å². The largest absolute Gasteiger partial charge is 0.454 e. The zero-order chi connectivity index (χ0) is 24.4. The fourth-order valence-electron chi connectivity index (χ4n) is 3.85. The summed E-state index contributed by atoms with van der Waals surface area (Å²) in [6, 6.07) is 20.9. The number of aromatic nitrogens is 2. The van der Waals surface area contributed by atoms with Gasteiger partial charge in [0.25, 0.3) is 11.5 Å². The molecule has 1 aromatic heterocycles. The first-order chi connectivity index (χ1) is 17.0. The first kappa shape index (κ1) is 23.0. The number of rotatable bonds is 7. The average molecular weight is 488 g/mol. The first-order valence-corrected chi connectivity index (χ1v) is 12.4.